The largest absolute Gasteiger partial charge is 0.494 e. The van der Waals surface area contributed by atoms with Gasteiger partial charge >= 0.3 is 11.5 Å². The number of hydrogen-bond acceptors (Lipinski definition) is 7. The van der Waals surface area contributed by atoms with Gasteiger partial charge in [0, 0.05) is 5.69 Å². The first-order valence-corrected chi connectivity index (χ1v) is 7.22. The second kappa shape index (κ2) is 7.38. The molecular weight excluding hydrogens is 334 g/mol. The van der Waals surface area contributed by atoms with Crippen LogP contribution in [0.1, 0.15) is 12.6 Å². The minimum Gasteiger partial charge on any atom is -0.494 e. The molecular formula is C14H15N5O6. The van der Waals surface area contributed by atoms with Gasteiger partial charge in [0.1, 0.15) is 18.0 Å². The number of carbonyl (C=O) groups is 1. The molecule has 0 aliphatic heterocycles. The third-order valence-corrected chi connectivity index (χ3v) is 3.26. The smallest absolute Gasteiger partial charge is 0.468 e. The van der Waals surface area contributed by atoms with Crippen molar-refractivity contribution in [2.75, 3.05) is 11.9 Å². The number of amides is 1. The molecule has 1 amide bonds. The fourth-order valence-corrected chi connectivity index (χ4v) is 2.15. The Labute approximate surface area is 141 Å². The average Bonchev–Trinajstić information content (AvgIpc) is 2.86. The molecule has 0 fully saturated rings. The van der Waals surface area contributed by atoms with E-state index in [9.17, 15) is 25.0 Å². The summed E-state index contributed by atoms with van der Waals surface area (Å²) in [7, 11) is 0. The Balaban J connectivity index is 2.14. The first-order valence-electron chi connectivity index (χ1n) is 7.22. The van der Waals surface area contributed by atoms with Gasteiger partial charge in [-0.3, -0.25) is 14.9 Å². The Bertz CT molecular complexity index is 814. The van der Waals surface area contributed by atoms with Crippen LogP contribution >= 0.6 is 0 Å². The minimum absolute atomic E-state index is 0.0708. The Hall–Kier alpha value is -3.50. The van der Waals surface area contributed by atoms with Gasteiger partial charge in [-0.25, -0.2) is 0 Å². The summed E-state index contributed by atoms with van der Waals surface area (Å²) < 4.78 is 6.21. The van der Waals surface area contributed by atoms with E-state index in [0.717, 1.165) is 4.68 Å². The van der Waals surface area contributed by atoms with Gasteiger partial charge in [-0.05, 0) is 43.0 Å². The normalized spacial score (nSPS) is 10.3. The van der Waals surface area contributed by atoms with Gasteiger partial charge in [0.2, 0.25) is 5.91 Å². The summed E-state index contributed by atoms with van der Waals surface area (Å²) in [4.78, 5) is 32.0. The number of anilines is 1. The van der Waals surface area contributed by atoms with E-state index < -0.39 is 33.8 Å². The molecule has 0 spiro atoms. The Morgan fingerprint density at radius 3 is 2.36 bits per heavy atom. The SMILES string of the molecule is CCOc1ccc(NC(=O)Cn2nc([N+](=O)[O-])c([N+](=O)[O-])c2C)cc1. The van der Waals surface area contributed by atoms with Crippen molar-refractivity contribution in [2.45, 2.75) is 20.4 Å². The fourth-order valence-electron chi connectivity index (χ4n) is 2.15. The predicted molar refractivity (Wildman–Crippen MR) is 86.5 cm³/mol. The quantitative estimate of drug-likeness (QED) is 0.595. The number of aromatic nitrogens is 2. The van der Waals surface area contributed by atoms with Gasteiger partial charge < -0.3 is 20.2 Å². The zero-order valence-electron chi connectivity index (χ0n) is 13.5. The van der Waals surface area contributed by atoms with Crippen LogP contribution in [-0.2, 0) is 11.3 Å². The molecule has 0 aliphatic carbocycles. The average molecular weight is 349 g/mol. The van der Waals surface area contributed by atoms with Crippen molar-refractivity contribution in [2.24, 2.45) is 0 Å². The van der Waals surface area contributed by atoms with Gasteiger partial charge in [-0.2, -0.15) is 4.68 Å². The van der Waals surface area contributed by atoms with E-state index in [1.807, 2.05) is 6.92 Å². The molecule has 1 aromatic heterocycles. The minimum atomic E-state index is -0.952. The summed E-state index contributed by atoms with van der Waals surface area (Å²) >= 11 is 0. The lowest BCUT2D eigenvalue weighted by molar-refractivity contribution is -0.424. The molecule has 0 unspecified atom stereocenters. The highest BCUT2D eigenvalue weighted by Crippen LogP contribution is 2.29. The third-order valence-electron chi connectivity index (χ3n) is 3.26. The van der Waals surface area contributed by atoms with Crippen molar-refractivity contribution in [1.29, 1.82) is 0 Å². The van der Waals surface area contributed by atoms with Crippen molar-refractivity contribution in [3.8, 4) is 5.75 Å². The van der Waals surface area contributed by atoms with E-state index in [-0.39, 0.29) is 5.69 Å². The summed E-state index contributed by atoms with van der Waals surface area (Å²) in [6.07, 6.45) is 0. The molecule has 2 aromatic rings. The lowest BCUT2D eigenvalue weighted by Crippen LogP contribution is -2.20. The Morgan fingerprint density at radius 1 is 1.24 bits per heavy atom. The third kappa shape index (κ3) is 4.07. The van der Waals surface area contributed by atoms with E-state index in [0.29, 0.717) is 18.0 Å². The van der Waals surface area contributed by atoms with Crippen molar-refractivity contribution < 1.29 is 19.4 Å². The molecule has 0 saturated carbocycles. The fraction of sp³-hybridized carbons (Fsp3) is 0.286. The monoisotopic (exact) mass is 349 g/mol. The van der Waals surface area contributed by atoms with E-state index in [1.165, 1.54) is 6.92 Å². The van der Waals surface area contributed by atoms with Crippen LogP contribution in [0.3, 0.4) is 0 Å². The number of hydrogen-bond donors (Lipinski definition) is 1. The van der Waals surface area contributed by atoms with Gasteiger partial charge in [0.15, 0.2) is 0 Å². The van der Waals surface area contributed by atoms with Crippen LogP contribution in [-0.4, -0.2) is 32.1 Å². The van der Waals surface area contributed by atoms with E-state index in [1.54, 1.807) is 24.3 Å². The molecule has 0 radical (unpaired) electrons. The molecule has 2 rings (SSSR count). The molecule has 0 aliphatic rings. The number of rotatable bonds is 7. The Kier molecular flexibility index (Phi) is 5.27. The van der Waals surface area contributed by atoms with Gasteiger partial charge in [-0.1, -0.05) is 0 Å². The molecule has 25 heavy (non-hydrogen) atoms. The van der Waals surface area contributed by atoms with Crippen molar-refractivity contribution in [3.05, 3.63) is 50.2 Å². The number of nitro groups is 2. The van der Waals surface area contributed by atoms with Crippen LogP contribution in [0, 0.1) is 27.2 Å². The number of carbonyl (C=O) groups excluding carboxylic acids is 1. The summed E-state index contributed by atoms with van der Waals surface area (Å²) in [6.45, 7) is 3.26. The summed E-state index contributed by atoms with van der Waals surface area (Å²) in [6, 6.07) is 6.61. The lowest BCUT2D eigenvalue weighted by atomic mass is 10.3. The standard InChI is InChI=1S/C14H15N5O6/c1-3-25-11-6-4-10(5-7-11)15-12(20)8-17-9(2)13(18(21)22)14(16-17)19(23)24/h4-7H,3,8H2,1-2H3,(H,15,20). The van der Waals surface area contributed by atoms with Crippen LogP contribution in [0.2, 0.25) is 0 Å². The summed E-state index contributed by atoms with van der Waals surface area (Å²) in [5.74, 6) is -0.773. The maximum atomic E-state index is 12.1. The number of nitrogens with zero attached hydrogens (tertiary/aromatic N) is 4. The molecule has 0 bridgehead atoms. The highest BCUT2D eigenvalue weighted by molar-refractivity contribution is 5.90. The Morgan fingerprint density at radius 2 is 1.88 bits per heavy atom. The number of benzene rings is 1. The molecule has 11 nitrogen and oxygen atoms in total. The highest BCUT2D eigenvalue weighted by atomic mass is 16.6. The second-order valence-corrected chi connectivity index (χ2v) is 4.94. The zero-order valence-corrected chi connectivity index (χ0v) is 13.5. The molecule has 132 valence electrons. The predicted octanol–water partition coefficient (Wildman–Crippen LogP) is 2.05. The molecule has 0 saturated heterocycles. The van der Waals surface area contributed by atoms with Crippen molar-refractivity contribution in [3.63, 3.8) is 0 Å². The molecule has 11 heteroatoms. The summed E-state index contributed by atoms with van der Waals surface area (Å²) in [5, 5.41) is 27.9. The topological polar surface area (TPSA) is 142 Å². The zero-order chi connectivity index (χ0) is 18.6. The number of nitrogens with one attached hydrogen (secondary N) is 1. The van der Waals surface area contributed by atoms with Gasteiger partial charge in [0.25, 0.3) is 0 Å². The van der Waals surface area contributed by atoms with Gasteiger partial charge in [0.05, 0.1) is 16.6 Å². The number of ether oxygens (including phenoxy) is 1. The maximum Gasteiger partial charge on any atom is 0.468 e. The second-order valence-electron chi connectivity index (χ2n) is 4.94. The van der Waals surface area contributed by atoms with Crippen LogP contribution in [0.5, 0.6) is 5.75 Å². The first kappa shape index (κ1) is 17.8. The van der Waals surface area contributed by atoms with Crippen molar-refractivity contribution >= 4 is 23.1 Å². The van der Waals surface area contributed by atoms with Crippen LogP contribution in [0.15, 0.2) is 24.3 Å². The highest BCUT2D eigenvalue weighted by Gasteiger charge is 2.35. The van der Waals surface area contributed by atoms with Crippen molar-refractivity contribution in [1.82, 2.24) is 9.78 Å². The molecule has 1 N–H and O–H groups in total. The molecule has 0 atom stereocenters. The van der Waals surface area contributed by atoms with E-state index in [2.05, 4.69) is 10.4 Å². The first-order chi connectivity index (χ1) is 11.8. The van der Waals surface area contributed by atoms with Crippen LogP contribution in [0.25, 0.3) is 0 Å². The molecule has 1 heterocycles. The van der Waals surface area contributed by atoms with E-state index >= 15 is 0 Å². The van der Waals surface area contributed by atoms with Crippen LogP contribution < -0.4 is 10.1 Å². The van der Waals surface area contributed by atoms with Crippen LogP contribution in [0.4, 0.5) is 17.2 Å². The summed E-state index contributed by atoms with van der Waals surface area (Å²) in [5.41, 5.74) is -0.306. The lowest BCUT2D eigenvalue weighted by Gasteiger charge is -2.06. The maximum absolute atomic E-state index is 12.1. The van der Waals surface area contributed by atoms with E-state index in [4.69, 9.17) is 4.74 Å². The van der Waals surface area contributed by atoms with Gasteiger partial charge in [-0.15, -0.1) is 0 Å². The molecule has 1 aromatic carbocycles.